The third kappa shape index (κ3) is 3.26. The Kier molecular flexibility index (Phi) is 5.11. The average Bonchev–Trinajstić information content (AvgIpc) is 3.13. The minimum atomic E-state index is -0.960. The first-order chi connectivity index (χ1) is 14.4. The summed E-state index contributed by atoms with van der Waals surface area (Å²) in [5.41, 5.74) is 3.29. The van der Waals surface area contributed by atoms with Crippen LogP contribution < -0.4 is 9.47 Å². The summed E-state index contributed by atoms with van der Waals surface area (Å²) in [5.74, 6) is -0.0120. The number of aliphatic carboxylic acids is 1. The largest absolute Gasteiger partial charge is 0.493 e. The number of carboxylic acids is 1. The number of benzene rings is 2. The van der Waals surface area contributed by atoms with Crippen LogP contribution in [0.2, 0.25) is 0 Å². The fourth-order valence-electron chi connectivity index (χ4n) is 4.30. The number of carbonyl (C=O) groups is 2. The molecule has 2 aromatic carbocycles. The van der Waals surface area contributed by atoms with Crippen LogP contribution in [-0.4, -0.2) is 47.2 Å². The molecule has 7 nitrogen and oxygen atoms in total. The zero-order chi connectivity index (χ0) is 21.4. The molecule has 1 aromatic heterocycles. The molecule has 1 aliphatic heterocycles. The van der Waals surface area contributed by atoms with Gasteiger partial charge in [-0.1, -0.05) is 6.07 Å². The Morgan fingerprint density at radius 2 is 1.87 bits per heavy atom. The van der Waals surface area contributed by atoms with Crippen LogP contribution in [0.1, 0.15) is 33.9 Å². The van der Waals surface area contributed by atoms with Gasteiger partial charge in [-0.2, -0.15) is 0 Å². The number of aryl methyl sites for hydroxylation is 1. The summed E-state index contributed by atoms with van der Waals surface area (Å²) in [7, 11) is 5.04. The van der Waals surface area contributed by atoms with E-state index in [0.29, 0.717) is 30.0 Å². The van der Waals surface area contributed by atoms with Crippen molar-refractivity contribution in [2.75, 3.05) is 20.8 Å². The maximum absolute atomic E-state index is 13.6. The van der Waals surface area contributed by atoms with E-state index in [4.69, 9.17) is 9.47 Å². The topological polar surface area (TPSA) is 81.0 Å². The van der Waals surface area contributed by atoms with Gasteiger partial charge in [0.25, 0.3) is 5.91 Å². The predicted molar refractivity (Wildman–Crippen MR) is 112 cm³/mol. The predicted octanol–water partition coefficient (Wildman–Crippen LogP) is 3.41. The molecule has 1 amide bonds. The first-order valence-electron chi connectivity index (χ1n) is 9.76. The number of nitrogens with zero attached hydrogens (tertiary/aromatic N) is 2. The van der Waals surface area contributed by atoms with E-state index in [-0.39, 0.29) is 12.3 Å². The molecule has 0 saturated carbocycles. The van der Waals surface area contributed by atoms with Crippen molar-refractivity contribution < 1.29 is 24.2 Å². The van der Waals surface area contributed by atoms with Crippen molar-refractivity contribution in [1.82, 2.24) is 9.47 Å². The second-order valence-corrected chi connectivity index (χ2v) is 7.43. The summed E-state index contributed by atoms with van der Waals surface area (Å²) in [4.78, 5) is 26.9. The molecule has 30 heavy (non-hydrogen) atoms. The van der Waals surface area contributed by atoms with Gasteiger partial charge in [0.2, 0.25) is 0 Å². The number of aromatic nitrogens is 1. The summed E-state index contributed by atoms with van der Waals surface area (Å²) in [6, 6.07) is 10.6. The number of hydrogen-bond donors (Lipinski definition) is 1. The minimum absolute atomic E-state index is 0.168. The van der Waals surface area contributed by atoms with Gasteiger partial charge in [0.15, 0.2) is 11.5 Å². The Morgan fingerprint density at radius 1 is 1.13 bits per heavy atom. The molecule has 0 saturated heterocycles. The number of carboxylic acid groups (broad SMARTS) is 1. The van der Waals surface area contributed by atoms with Crippen molar-refractivity contribution in [3.05, 3.63) is 59.3 Å². The van der Waals surface area contributed by atoms with E-state index in [1.165, 1.54) is 7.11 Å². The van der Waals surface area contributed by atoms with Gasteiger partial charge in [-0.15, -0.1) is 0 Å². The molecule has 0 aliphatic carbocycles. The second kappa shape index (κ2) is 7.74. The van der Waals surface area contributed by atoms with Gasteiger partial charge >= 0.3 is 5.97 Å². The summed E-state index contributed by atoms with van der Waals surface area (Å²) < 4.78 is 12.8. The molecule has 7 heteroatoms. The van der Waals surface area contributed by atoms with Gasteiger partial charge in [-0.3, -0.25) is 9.59 Å². The SMILES string of the molecule is COc1cc2c(cc1OC)C(CC(=O)O)N(C(=O)c1cccc3c1ccn3C)CC2. The zero-order valence-corrected chi connectivity index (χ0v) is 17.2. The van der Waals surface area contributed by atoms with Crippen LogP contribution in [0.4, 0.5) is 0 Å². The van der Waals surface area contributed by atoms with E-state index in [1.54, 1.807) is 24.1 Å². The molecule has 4 rings (SSSR count). The molecule has 1 atom stereocenters. The van der Waals surface area contributed by atoms with E-state index in [2.05, 4.69) is 0 Å². The molecule has 1 aliphatic rings. The maximum atomic E-state index is 13.6. The number of hydrogen-bond acceptors (Lipinski definition) is 4. The molecule has 1 N–H and O–H groups in total. The Balaban J connectivity index is 1.80. The van der Waals surface area contributed by atoms with Crippen molar-refractivity contribution in [1.29, 1.82) is 0 Å². The highest BCUT2D eigenvalue weighted by atomic mass is 16.5. The molecule has 0 bridgehead atoms. The molecule has 2 heterocycles. The van der Waals surface area contributed by atoms with Crippen molar-refractivity contribution in [3.8, 4) is 11.5 Å². The van der Waals surface area contributed by atoms with Crippen LogP contribution in [0.25, 0.3) is 10.9 Å². The van der Waals surface area contributed by atoms with Crippen molar-refractivity contribution in [2.45, 2.75) is 18.9 Å². The van der Waals surface area contributed by atoms with E-state index < -0.39 is 12.0 Å². The van der Waals surface area contributed by atoms with Gasteiger partial charge in [-0.25, -0.2) is 0 Å². The molecule has 0 radical (unpaired) electrons. The van der Waals surface area contributed by atoms with Gasteiger partial charge < -0.3 is 24.0 Å². The van der Waals surface area contributed by atoms with Gasteiger partial charge in [0.05, 0.1) is 26.7 Å². The van der Waals surface area contributed by atoms with Gasteiger partial charge in [0, 0.05) is 36.3 Å². The number of carbonyl (C=O) groups excluding carboxylic acids is 1. The lowest BCUT2D eigenvalue weighted by atomic mass is 9.89. The minimum Gasteiger partial charge on any atom is -0.493 e. The summed E-state index contributed by atoms with van der Waals surface area (Å²) in [6.07, 6.45) is 2.35. The van der Waals surface area contributed by atoms with E-state index in [1.807, 2.05) is 42.1 Å². The lowest BCUT2D eigenvalue weighted by molar-refractivity contribution is -0.138. The molecular weight excluding hydrogens is 384 g/mol. The van der Waals surface area contributed by atoms with Gasteiger partial charge in [-0.05, 0) is 47.9 Å². The second-order valence-electron chi connectivity index (χ2n) is 7.43. The van der Waals surface area contributed by atoms with Crippen LogP contribution in [0.15, 0.2) is 42.6 Å². The lowest BCUT2D eigenvalue weighted by Gasteiger charge is -2.37. The van der Waals surface area contributed by atoms with Crippen LogP contribution >= 0.6 is 0 Å². The van der Waals surface area contributed by atoms with E-state index in [0.717, 1.165) is 22.0 Å². The highest BCUT2D eigenvalue weighted by molar-refractivity contribution is 6.06. The highest BCUT2D eigenvalue weighted by Gasteiger charge is 2.34. The Bertz CT molecular complexity index is 1130. The standard InChI is InChI=1S/C23H24N2O5/c1-24-9-8-15-16(5-4-6-18(15)24)23(28)25-10-7-14-11-20(29-2)21(30-3)12-17(14)19(25)13-22(26)27/h4-6,8-9,11-12,19H,7,10,13H2,1-3H3,(H,26,27). The number of ether oxygens (including phenoxy) is 2. The van der Waals surface area contributed by atoms with Crippen LogP contribution in [0.3, 0.4) is 0 Å². The van der Waals surface area contributed by atoms with Gasteiger partial charge in [0.1, 0.15) is 0 Å². The monoisotopic (exact) mass is 408 g/mol. The van der Waals surface area contributed by atoms with Crippen LogP contribution in [0.5, 0.6) is 11.5 Å². The van der Waals surface area contributed by atoms with Crippen molar-refractivity contribution >= 4 is 22.8 Å². The number of amides is 1. The quantitative estimate of drug-likeness (QED) is 0.700. The molecule has 0 fully saturated rings. The molecule has 156 valence electrons. The Labute approximate surface area is 174 Å². The van der Waals surface area contributed by atoms with Crippen LogP contribution in [0, 0.1) is 0 Å². The highest BCUT2D eigenvalue weighted by Crippen LogP contribution is 2.40. The number of fused-ring (bicyclic) bond motifs is 2. The molecule has 1 unspecified atom stereocenters. The summed E-state index contributed by atoms with van der Waals surface area (Å²) in [5, 5.41) is 10.4. The summed E-state index contributed by atoms with van der Waals surface area (Å²) in [6.45, 7) is 0.433. The Morgan fingerprint density at radius 3 is 2.57 bits per heavy atom. The molecular formula is C23H24N2O5. The molecule has 0 spiro atoms. The normalized spacial score (nSPS) is 15.7. The average molecular weight is 408 g/mol. The number of methoxy groups -OCH3 is 2. The third-order valence-corrected chi connectivity index (χ3v) is 5.79. The summed E-state index contributed by atoms with van der Waals surface area (Å²) >= 11 is 0. The fraction of sp³-hybridized carbons (Fsp3) is 0.304. The maximum Gasteiger partial charge on any atom is 0.305 e. The zero-order valence-electron chi connectivity index (χ0n) is 17.2. The fourth-order valence-corrected chi connectivity index (χ4v) is 4.30. The third-order valence-electron chi connectivity index (χ3n) is 5.79. The number of rotatable bonds is 5. The van der Waals surface area contributed by atoms with Crippen molar-refractivity contribution in [2.24, 2.45) is 7.05 Å². The first-order valence-corrected chi connectivity index (χ1v) is 9.76. The van der Waals surface area contributed by atoms with Crippen molar-refractivity contribution in [3.63, 3.8) is 0 Å². The Hall–Kier alpha value is -3.48. The van der Waals surface area contributed by atoms with E-state index in [9.17, 15) is 14.7 Å². The smallest absolute Gasteiger partial charge is 0.305 e. The lowest BCUT2D eigenvalue weighted by Crippen LogP contribution is -2.41. The van der Waals surface area contributed by atoms with Crippen LogP contribution in [-0.2, 0) is 18.3 Å². The first kappa shape index (κ1) is 19.8. The van der Waals surface area contributed by atoms with E-state index >= 15 is 0 Å². The molecule has 3 aromatic rings.